The van der Waals surface area contributed by atoms with Gasteiger partial charge in [0.25, 0.3) is 0 Å². The molecule has 1 saturated carbocycles. The molecule has 0 spiro atoms. The molecule has 3 rings (SSSR count). The van der Waals surface area contributed by atoms with Gasteiger partial charge in [0, 0.05) is 5.92 Å². The minimum atomic E-state index is 0.137. The van der Waals surface area contributed by atoms with Crippen LogP contribution in [-0.2, 0) is 11.2 Å². The first kappa shape index (κ1) is 10.6. The van der Waals surface area contributed by atoms with E-state index in [9.17, 15) is 4.79 Å². The van der Waals surface area contributed by atoms with Gasteiger partial charge in [-0.2, -0.15) is 0 Å². The predicted octanol–water partition coefficient (Wildman–Crippen LogP) is 1.91. The Morgan fingerprint density at radius 3 is 2.88 bits per heavy atom. The standard InChI is InChI=1S/C14H17NO2/c16-14(10-5-3-6-10)15-12-8-11-4-1-2-7-13(11)17-9-12/h1-2,4,7,10,12H,3,5-6,8-9H2,(H,15,16). The Morgan fingerprint density at radius 1 is 1.29 bits per heavy atom. The van der Waals surface area contributed by atoms with E-state index in [-0.39, 0.29) is 17.9 Å². The lowest BCUT2D eigenvalue weighted by Crippen LogP contribution is -2.46. The highest BCUT2D eigenvalue weighted by molar-refractivity contribution is 5.79. The molecule has 17 heavy (non-hydrogen) atoms. The third kappa shape index (κ3) is 2.14. The quantitative estimate of drug-likeness (QED) is 0.844. The number of fused-ring (bicyclic) bond motifs is 1. The lowest BCUT2D eigenvalue weighted by molar-refractivity contribution is -0.128. The lowest BCUT2D eigenvalue weighted by Gasteiger charge is -2.30. The summed E-state index contributed by atoms with van der Waals surface area (Å²) in [6.45, 7) is 0.593. The summed E-state index contributed by atoms with van der Waals surface area (Å²) in [5.74, 6) is 1.43. The van der Waals surface area contributed by atoms with Crippen LogP contribution >= 0.6 is 0 Å². The molecule has 90 valence electrons. The number of hydrogen-bond donors (Lipinski definition) is 1. The lowest BCUT2D eigenvalue weighted by atomic mass is 9.84. The molecule has 1 aromatic rings. The third-order valence-electron chi connectivity index (χ3n) is 3.70. The molecule has 1 fully saturated rings. The van der Waals surface area contributed by atoms with E-state index in [1.165, 1.54) is 12.0 Å². The Bertz CT molecular complexity index is 426. The molecule has 1 aliphatic carbocycles. The van der Waals surface area contributed by atoms with Crippen molar-refractivity contribution in [3.05, 3.63) is 29.8 Å². The first-order valence-electron chi connectivity index (χ1n) is 6.34. The van der Waals surface area contributed by atoms with E-state index in [2.05, 4.69) is 11.4 Å². The fraction of sp³-hybridized carbons (Fsp3) is 0.500. The Hall–Kier alpha value is -1.51. The molecule has 1 aliphatic heterocycles. The number of carbonyl (C=O) groups is 1. The van der Waals surface area contributed by atoms with Crippen LogP contribution < -0.4 is 10.1 Å². The monoisotopic (exact) mass is 231 g/mol. The van der Waals surface area contributed by atoms with Crippen molar-refractivity contribution in [2.75, 3.05) is 6.61 Å². The van der Waals surface area contributed by atoms with E-state index >= 15 is 0 Å². The molecule has 1 N–H and O–H groups in total. The van der Waals surface area contributed by atoms with Gasteiger partial charge in [0.15, 0.2) is 0 Å². The van der Waals surface area contributed by atoms with Crippen molar-refractivity contribution in [3.63, 3.8) is 0 Å². The van der Waals surface area contributed by atoms with E-state index in [0.29, 0.717) is 6.61 Å². The highest BCUT2D eigenvalue weighted by Crippen LogP contribution is 2.27. The van der Waals surface area contributed by atoms with E-state index in [0.717, 1.165) is 25.0 Å². The van der Waals surface area contributed by atoms with Crippen LogP contribution in [0.25, 0.3) is 0 Å². The molecular formula is C14H17NO2. The SMILES string of the molecule is O=C(NC1COc2ccccc2C1)C1CCC1. The third-order valence-corrected chi connectivity index (χ3v) is 3.70. The number of rotatable bonds is 2. The summed E-state index contributed by atoms with van der Waals surface area (Å²) >= 11 is 0. The highest BCUT2D eigenvalue weighted by Gasteiger charge is 2.28. The van der Waals surface area contributed by atoms with Crippen LogP contribution in [0.5, 0.6) is 5.75 Å². The topological polar surface area (TPSA) is 38.3 Å². The molecule has 3 heteroatoms. The second-order valence-electron chi connectivity index (χ2n) is 4.96. The number of nitrogens with one attached hydrogen (secondary N) is 1. The molecule has 0 saturated heterocycles. The summed E-state index contributed by atoms with van der Waals surface area (Å²) in [6, 6.07) is 8.18. The molecule has 0 bridgehead atoms. The van der Waals surface area contributed by atoms with Gasteiger partial charge in [-0.25, -0.2) is 0 Å². The predicted molar refractivity (Wildman–Crippen MR) is 64.9 cm³/mol. The summed E-state index contributed by atoms with van der Waals surface area (Å²) < 4.78 is 5.65. The van der Waals surface area contributed by atoms with Crippen molar-refractivity contribution in [2.45, 2.75) is 31.7 Å². The van der Waals surface area contributed by atoms with Crippen LogP contribution in [0.1, 0.15) is 24.8 Å². The van der Waals surface area contributed by atoms with E-state index in [4.69, 9.17) is 4.74 Å². The fourth-order valence-corrected chi connectivity index (χ4v) is 2.41. The van der Waals surface area contributed by atoms with Gasteiger partial charge in [-0.05, 0) is 30.9 Å². The zero-order valence-electron chi connectivity index (χ0n) is 9.82. The maximum atomic E-state index is 11.8. The molecule has 3 nitrogen and oxygen atoms in total. The van der Waals surface area contributed by atoms with Crippen molar-refractivity contribution in [2.24, 2.45) is 5.92 Å². The van der Waals surface area contributed by atoms with E-state index < -0.39 is 0 Å². The van der Waals surface area contributed by atoms with E-state index in [1.807, 2.05) is 18.2 Å². The number of ether oxygens (including phenoxy) is 1. The maximum absolute atomic E-state index is 11.8. The van der Waals surface area contributed by atoms with Crippen LogP contribution in [0.3, 0.4) is 0 Å². The number of hydrogen-bond acceptors (Lipinski definition) is 2. The van der Waals surface area contributed by atoms with Crippen LogP contribution in [0.4, 0.5) is 0 Å². The zero-order valence-corrected chi connectivity index (χ0v) is 9.82. The number of amides is 1. The van der Waals surface area contributed by atoms with Crippen molar-refractivity contribution < 1.29 is 9.53 Å². The normalized spacial score (nSPS) is 23.2. The van der Waals surface area contributed by atoms with Gasteiger partial charge in [0.05, 0.1) is 6.04 Å². The largest absolute Gasteiger partial charge is 0.491 e. The summed E-state index contributed by atoms with van der Waals surface area (Å²) in [5.41, 5.74) is 1.19. The molecule has 2 aliphatic rings. The first-order chi connectivity index (χ1) is 8.33. The maximum Gasteiger partial charge on any atom is 0.223 e. The molecular weight excluding hydrogens is 214 g/mol. The Balaban J connectivity index is 1.62. The summed E-state index contributed by atoms with van der Waals surface area (Å²) in [4.78, 5) is 11.8. The summed E-state index contributed by atoms with van der Waals surface area (Å²) in [7, 11) is 0. The van der Waals surface area contributed by atoms with Gasteiger partial charge in [-0.1, -0.05) is 24.6 Å². The Morgan fingerprint density at radius 2 is 2.12 bits per heavy atom. The Labute approximate surface area is 101 Å². The van der Waals surface area contributed by atoms with Crippen molar-refractivity contribution in [1.29, 1.82) is 0 Å². The van der Waals surface area contributed by atoms with Gasteiger partial charge in [0.1, 0.15) is 12.4 Å². The van der Waals surface area contributed by atoms with Gasteiger partial charge in [-0.3, -0.25) is 4.79 Å². The minimum absolute atomic E-state index is 0.137. The average molecular weight is 231 g/mol. The van der Waals surface area contributed by atoms with Crippen molar-refractivity contribution >= 4 is 5.91 Å². The molecule has 1 unspecified atom stereocenters. The number of benzene rings is 1. The number of para-hydroxylation sites is 1. The molecule has 1 aromatic carbocycles. The van der Waals surface area contributed by atoms with Crippen molar-refractivity contribution in [1.82, 2.24) is 5.32 Å². The molecule has 0 radical (unpaired) electrons. The fourth-order valence-electron chi connectivity index (χ4n) is 2.41. The smallest absolute Gasteiger partial charge is 0.223 e. The average Bonchev–Trinajstić information content (AvgIpc) is 2.26. The van der Waals surface area contributed by atoms with Gasteiger partial charge in [0.2, 0.25) is 5.91 Å². The van der Waals surface area contributed by atoms with Crippen LogP contribution in [0, 0.1) is 5.92 Å². The Kier molecular flexibility index (Phi) is 2.75. The highest BCUT2D eigenvalue weighted by atomic mass is 16.5. The summed E-state index contributed by atoms with van der Waals surface area (Å²) in [6.07, 6.45) is 4.18. The van der Waals surface area contributed by atoms with Gasteiger partial charge < -0.3 is 10.1 Å². The van der Waals surface area contributed by atoms with Gasteiger partial charge >= 0.3 is 0 Å². The van der Waals surface area contributed by atoms with Crippen LogP contribution in [0.15, 0.2) is 24.3 Å². The van der Waals surface area contributed by atoms with Crippen LogP contribution in [0.2, 0.25) is 0 Å². The van der Waals surface area contributed by atoms with Gasteiger partial charge in [-0.15, -0.1) is 0 Å². The molecule has 1 atom stereocenters. The minimum Gasteiger partial charge on any atom is -0.491 e. The second-order valence-corrected chi connectivity index (χ2v) is 4.96. The zero-order chi connectivity index (χ0) is 11.7. The van der Waals surface area contributed by atoms with Crippen molar-refractivity contribution in [3.8, 4) is 5.75 Å². The summed E-state index contributed by atoms with van der Waals surface area (Å²) in [5, 5.41) is 3.10. The molecule has 1 heterocycles. The molecule has 0 aromatic heterocycles. The van der Waals surface area contributed by atoms with Crippen LogP contribution in [-0.4, -0.2) is 18.6 Å². The second kappa shape index (κ2) is 4.40. The molecule has 1 amide bonds. The van der Waals surface area contributed by atoms with E-state index in [1.54, 1.807) is 0 Å². The number of carbonyl (C=O) groups excluding carboxylic acids is 1. The first-order valence-corrected chi connectivity index (χ1v) is 6.34.